The van der Waals surface area contributed by atoms with E-state index in [-0.39, 0.29) is 18.4 Å². The van der Waals surface area contributed by atoms with E-state index < -0.39 is 17.5 Å². The quantitative estimate of drug-likeness (QED) is 0.819. The Morgan fingerprint density at radius 2 is 2.20 bits per heavy atom. The lowest BCUT2D eigenvalue weighted by Crippen LogP contribution is -2.54. The van der Waals surface area contributed by atoms with Crippen LogP contribution in [-0.4, -0.2) is 41.9 Å². The first-order chi connectivity index (χ1) is 12.0. The van der Waals surface area contributed by atoms with Gasteiger partial charge in [0.05, 0.1) is 7.11 Å². The van der Waals surface area contributed by atoms with Crippen LogP contribution in [0.5, 0.6) is 5.75 Å². The molecule has 1 saturated carbocycles. The van der Waals surface area contributed by atoms with Crippen molar-refractivity contribution in [2.24, 2.45) is 5.92 Å². The topological polar surface area (TPSA) is 87.7 Å². The molecular weight excluding hydrogens is 322 g/mol. The Morgan fingerprint density at radius 1 is 1.40 bits per heavy atom. The van der Waals surface area contributed by atoms with Crippen molar-refractivity contribution in [1.82, 2.24) is 10.2 Å². The molecule has 1 heterocycles. The summed E-state index contributed by atoms with van der Waals surface area (Å²) in [7, 11) is 1.54. The predicted octanol–water partition coefficient (Wildman–Crippen LogP) is 2.13. The number of benzene rings is 1. The van der Waals surface area contributed by atoms with Gasteiger partial charge in [0.15, 0.2) is 0 Å². The number of nitrogens with one attached hydrogen (secondary N) is 2. The van der Waals surface area contributed by atoms with E-state index in [0.717, 1.165) is 24.2 Å². The van der Waals surface area contributed by atoms with Crippen molar-refractivity contribution in [1.29, 1.82) is 0 Å². The molecule has 0 unspecified atom stereocenters. The van der Waals surface area contributed by atoms with Crippen LogP contribution in [0.2, 0.25) is 0 Å². The number of carbonyl (C=O) groups excluding carboxylic acids is 3. The van der Waals surface area contributed by atoms with Crippen LogP contribution in [0.1, 0.15) is 32.6 Å². The molecule has 0 aromatic heterocycles. The number of anilines is 1. The van der Waals surface area contributed by atoms with Crippen molar-refractivity contribution in [3.8, 4) is 5.75 Å². The van der Waals surface area contributed by atoms with Gasteiger partial charge in [-0.25, -0.2) is 4.79 Å². The fraction of sp³-hybridized carbons (Fsp3) is 0.500. The van der Waals surface area contributed by atoms with Crippen LogP contribution in [-0.2, 0) is 9.59 Å². The zero-order valence-electron chi connectivity index (χ0n) is 14.5. The molecule has 7 heteroatoms. The minimum Gasteiger partial charge on any atom is -0.497 e. The number of nitrogens with zero attached hydrogens (tertiary/aromatic N) is 1. The average Bonchev–Trinajstić information content (AvgIpc) is 2.83. The van der Waals surface area contributed by atoms with Crippen molar-refractivity contribution in [3.05, 3.63) is 24.3 Å². The molecule has 1 aliphatic heterocycles. The Kier molecular flexibility index (Phi) is 4.65. The van der Waals surface area contributed by atoms with Gasteiger partial charge < -0.3 is 15.4 Å². The molecule has 1 saturated heterocycles. The van der Waals surface area contributed by atoms with E-state index in [1.807, 2.05) is 6.92 Å². The summed E-state index contributed by atoms with van der Waals surface area (Å²) in [6.45, 7) is 1.69. The zero-order valence-corrected chi connectivity index (χ0v) is 14.5. The number of carbonyl (C=O) groups is 3. The normalized spacial score (nSPS) is 25.8. The van der Waals surface area contributed by atoms with Gasteiger partial charge in [0.1, 0.15) is 17.8 Å². The summed E-state index contributed by atoms with van der Waals surface area (Å²) in [5.74, 6) is -0.0188. The third-order valence-electron chi connectivity index (χ3n) is 5.16. The lowest BCUT2D eigenvalue weighted by atomic mass is 9.73. The molecule has 1 spiro atoms. The molecule has 2 atom stereocenters. The monoisotopic (exact) mass is 345 g/mol. The first-order valence-electron chi connectivity index (χ1n) is 8.54. The predicted molar refractivity (Wildman–Crippen MR) is 92.2 cm³/mol. The van der Waals surface area contributed by atoms with Gasteiger partial charge in [-0.1, -0.05) is 25.8 Å². The highest BCUT2D eigenvalue weighted by Crippen LogP contribution is 2.38. The van der Waals surface area contributed by atoms with Crippen molar-refractivity contribution in [3.63, 3.8) is 0 Å². The zero-order chi connectivity index (χ0) is 18.0. The van der Waals surface area contributed by atoms with Crippen LogP contribution in [0.25, 0.3) is 0 Å². The number of ether oxygens (including phenoxy) is 1. The third kappa shape index (κ3) is 3.18. The maximum absolute atomic E-state index is 12.8. The van der Waals surface area contributed by atoms with Gasteiger partial charge in [-0.3, -0.25) is 14.5 Å². The van der Waals surface area contributed by atoms with Crippen LogP contribution in [0.15, 0.2) is 24.3 Å². The summed E-state index contributed by atoms with van der Waals surface area (Å²) in [5, 5.41) is 5.54. The standard InChI is InChI=1S/C18H23N3O4/c1-12-6-3-4-9-18(12)16(23)21(17(24)20-18)11-15(22)19-13-7-5-8-14(10-13)25-2/h5,7-8,10,12H,3-4,6,9,11H2,1-2H3,(H,19,22)(H,20,24)/t12-,18+/m0/s1. The summed E-state index contributed by atoms with van der Waals surface area (Å²) in [4.78, 5) is 38.4. The fourth-order valence-corrected chi connectivity index (χ4v) is 3.68. The highest BCUT2D eigenvalue weighted by Gasteiger charge is 2.55. The highest BCUT2D eigenvalue weighted by molar-refractivity contribution is 6.10. The second kappa shape index (κ2) is 6.74. The summed E-state index contributed by atoms with van der Waals surface area (Å²) >= 11 is 0. The molecule has 1 aromatic carbocycles. The molecule has 1 aromatic rings. The van der Waals surface area contributed by atoms with E-state index in [0.29, 0.717) is 17.9 Å². The second-order valence-corrected chi connectivity index (χ2v) is 6.72. The van der Waals surface area contributed by atoms with E-state index in [2.05, 4.69) is 10.6 Å². The minimum absolute atomic E-state index is 0.0733. The number of imide groups is 1. The summed E-state index contributed by atoms with van der Waals surface area (Å²) in [6.07, 6.45) is 3.49. The number of methoxy groups -OCH3 is 1. The van der Waals surface area contributed by atoms with E-state index in [1.54, 1.807) is 31.4 Å². The lowest BCUT2D eigenvalue weighted by Gasteiger charge is -2.36. The summed E-state index contributed by atoms with van der Waals surface area (Å²) in [5.41, 5.74) is -0.289. The van der Waals surface area contributed by atoms with Crippen LogP contribution in [0.3, 0.4) is 0 Å². The third-order valence-corrected chi connectivity index (χ3v) is 5.16. The van der Waals surface area contributed by atoms with Crippen molar-refractivity contribution in [2.45, 2.75) is 38.1 Å². The van der Waals surface area contributed by atoms with E-state index in [9.17, 15) is 14.4 Å². The average molecular weight is 345 g/mol. The molecule has 0 radical (unpaired) electrons. The molecule has 25 heavy (non-hydrogen) atoms. The Hall–Kier alpha value is -2.57. The Labute approximate surface area is 146 Å². The Balaban J connectivity index is 1.68. The number of urea groups is 1. The van der Waals surface area contributed by atoms with Gasteiger partial charge >= 0.3 is 6.03 Å². The summed E-state index contributed by atoms with van der Waals surface area (Å²) in [6, 6.07) is 6.42. The number of amides is 4. The van der Waals surface area contributed by atoms with Crippen molar-refractivity contribution >= 4 is 23.5 Å². The van der Waals surface area contributed by atoms with Gasteiger partial charge in [0.25, 0.3) is 5.91 Å². The van der Waals surface area contributed by atoms with Crippen molar-refractivity contribution < 1.29 is 19.1 Å². The van der Waals surface area contributed by atoms with Crippen molar-refractivity contribution in [2.75, 3.05) is 19.0 Å². The second-order valence-electron chi connectivity index (χ2n) is 6.72. The van der Waals surface area contributed by atoms with Crippen LogP contribution >= 0.6 is 0 Å². The maximum Gasteiger partial charge on any atom is 0.325 e. The number of hydrogen-bond donors (Lipinski definition) is 2. The molecule has 134 valence electrons. The smallest absolute Gasteiger partial charge is 0.325 e. The lowest BCUT2D eigenvalue weighted by molar-refractivity contribution is -0.136. The van der Waals surface area contributed by atoms with Crippen LogP contribution in [0.4, 0.5) is 10.5 Å². The molecular formula is C18H23N3O4. The van der Waals surface area contributed by atoms with Gasteiger partial charge in [-0.05, 0) is 30.9 Å². The highest BCUT2D eigenvalue weighted by atomic mass is 16.5. The van der Waals surface area contributed by atoms with Gasteiger partial charge in [-0.2, -0.15) is 0 Å². The number of rotatable bonds is 4. The largest absolute Gasteiger partial charge is 0.497 e. The van der Waals surface area contributed by atoms with Crippen LogP contribution < -0.4 is 15.4 Å². The van der Waals surface area contributed by atoms with Gasteiger partial charge in [0, 0.05) is 11.8 Å². The van der Waals surface area contributed by atoms with E-state index in [4.69, 9.17) is 4.74 Å². The molecule has 2 fully saturated rings. The summed E-state index contributed by atoms with van der Waals surface area (Å²) < 4.78 is 5.11. The van der Waals surface area contributed by atoms with Gasteiger partial charge in [0.2, 0.25) is 5.91 Å². The molecule has 0 bridgehead atoms. The fourth-order valence-electron chi connectivity index (χ4n) is 3.68. The van der Waals surface area contributed by atoms with Gasteiger partial charge in [-0.15, -0.1) is 0 Å². The first-order valence-corrected chi connectivity index (χ1v) is 8.54. The molecule has 2 aliphatic rings. The number of hydrogen-bond acceptors (Lipinski definition) is 4. The molecule has 7 nitrogen and oxygen atoms in total. The Morgan fingerprint density at radius 3 is 2.92 bits per heavy atom. The SMILES string of the molecule is COc1cccc(NC(=O)CN2C(=O)N[C@@]3(CCCC[C@@H]3C)C2=O)c1. The van der Waals surface area contributed by atoms with E-state index >= 15 is 0 Å². The van der Waals surface area contributed by atoms with E-state index in [1.165, 1.54) is 0 Å². The molecule has 3 rings (SSSR count). The first kappa shape index (κ1) is 17.3. The molecule has 4 amide bonds. The van der Waals surface area contributed by atoms with Crippen LogP contribution in [0, 0.1) is 5.92 Å². The molecule has 1 aliphatic carbocycles. The Bertz CT molecular complexity index is 705. The minimum atomic E-state index is -0.842. The molecule has 2 N–H and O–H groups in total. The maximum atomic E-state index is 12.8.